The summed E-state index contributed by atoms with van der Waals surface area (Å²) in [6.07, 6.45) is 1.51. The molecule has 35 heavy (non-hydrogen) atoms. The Morgan fingerprint density at radius 1 is 1.17 bits per heavy atom. The van der Waals surface area contributed by atoms with E-state index >= 15 is 0 Å². The summed E-state index contributed by atoms with van der Waals surface area (Å²) < 4.78 is 22.7. The molecule has 1 fully saturated rings. The molecule has 1 unspecified atom stereocenters. The Balaban J connectivity index is 1.76. The fourth-order valence-electron chi connectivity index (χ4n) is 4.26. The number of nitrogens with one attached hydrogen (secondary N) is 1. The van der Waals surface area contributed by atoms with Crippen LogP contribution in [0, 0.1) is 19.8 Å². The molecule has 1 aliphatic rings. The first kappa shape index (κ1) is 25.3. The standard InChI is InChI=1S/C27H34N2O5S/c1-17(2)16-34-21-9-8-20(15-23(21)31-5)25(29-10-13-32-14-11-29)24-18(3)19(4)35-27(24)28-26(30)22-7-6-12-33-22/h6-9,12,15,17,25H,10-11,13-14,16H2,1-5H3,(H,28,30). The summed E-state index contributed by atoms with van der Waals surface area (Å²) in [5.74, 6) is 1.88. The van der Waals surface area contributed by atoms with Gasteiger partial charge in [-0.15, -0.1) is 11.3 Å². The summed E-state index contributed by atoms with van der Waals surface area (Å²) in [6.45, 7) is 12.0. The van der Waals surface area contributed by atoms with Crippen molar-refractivity contribution in [3.05, 3.63) is 63.9 Å². The Kier molecular flexibility index (Phi) is 8.15. The average molecular weight is 499 g/mol. The number of furan rings is 1. The number of anilines is 1. The van der Waals surface area contributed by atoms with Gasteiger partial charge < -0.3 is 23.9 Å². The normalized spacial score (nSPS) is 15.3. The van der Waals surface area contributed by atoms with Crippen molar-refractivity contribution in [3.63, 3.8) is 0 Å². The molecule has 0 saturated carbocycles. The van der Waals surface area contributed by atoms with Gasteiger partial charge in [0, 0.05) is 23.5 Å². The smallest absolute Gasteiger partial charge is 0.291 e. The monoisotopic (exact) mass is 498 g/mol. The van der Waals surface area contributed by atoms with Gasteiger partial charge in [-0.2, -0.15) is 0 Å². The van der Waals surface area contributed by atoms with E-state index in [0.717, 1.165) is 39.8 Å². The highest BCUT2D eigenvalue weighted by atomic mass is 32.1. The molecule has 1 aromatic carbocycles. The maximum absolute atomic E-state index is 12.9. The number of carbonyl (C=O) groups excluding carboxylic acids is 1. The van der Waals surface area contributed by atoms with Crippen LogP contribution in [0.3, 0.4) is 0 Å². The molecule has 0 bridgehead atoms. The van der Waals surface area contributed by atoms with Gasteiger partial charge >= 0.3 is 0 Å². The molecule has 7 nitrogen and oxygen atoms in total. The SMILES string of the molecule is COc1cc(C(c2c(NC(=O)c3ccco3)sc(C)c2C)N2CCOCC2)ccc1OCC(C)C. The van der Waals surface area contributed by atoms with Gasteiger partial charge in [0.15, 0.2) is 17.3 Å². The number of benzene rings is 1. The molecule has 3 heterocycles. The minimum atomic E-state index is -0.256. The van der Waals surface area contributed by atoms with Gasteiger partial charge in [0.1, 0.15) is 5.00 Å². The topological polar surface area (TPSA) is 73.2 Å². The third-order valence-electron chi connectivity index (χ3n) is 6.16. The van der Waals surface area contributed by atoms with Crippen LogP contribution in [0.5, 0.6) is 11.5 Å². The first-order chi connectivity index (χ1) is 16.9. The molecule has 1 atom stereocenters. The van der Waals surface area contributed by atoms with Crippen LogP contribution >= 0.6 is 11.3 Å². The van der Waals surface area contributed by atoms with Crippen LogP contribution in [-0.4, -0.2) is 50.8 Å². The number of carbonyl (C=O) groups is 1. The largest absolute Gasteiger partial charge is 0.493 e. The van der Waals surface area contributed by atoms with Gasteiger partial charge in [-0.25, -0.2) is 0 Å². The van der Waals surface area contributed by atoms with Gasteiger partial charge in [-0.05, 0) is 55.2 Å². The number of hydrogen-bond acceptors (Lipinski definition) is 7. The molecule has 1 aliphatic heterocycles. The summed E-state index contributed by atoms with van der Waals surface area (Å²) in [4.78, 5) is 16.5. The lowest BCUT2D eigenvalue weighted by atomic mass is 9.94. The van der Waals surface area contributed by atoms with Gasteiger partial charge in [0.25, 0.3) is 5.91 Å². The van der Waals surface area contributed by atoms with Gasteiger partial charge in [-0.3, -0.25) is 9.69 Å². The van der Waals surface area contributed by atoms with Crippen LogP contribution < -0.4 is 14.8 Å². The van der Waals surface area contributed by atoms with Crippen molar-refractivity contribution in [3.8, 4) is 11.5 Å². The summed E-state index contributed by atoms with van der Waals surface area (Å²) in [5.41, 5.74) is 3.34. The number of nitrogens with zero attached hydrogens (tertiary/aromatic N) is 1. The molecule has 4 rings (SSSR count). The van der Waals surface area contributed by atoms with Crippen LogP contribution in [0.25, 0.3) is 0 Å². The Morgan fingerprint density at radius 3 is 2.60 bits per heavy atom. The summed E-state index contributed by atoms with van der Waals surface area (Å²) in [6, 6.07) is 9.45. The number of hydrogen-bond donors (Lipinski definition) is 1. The molecule has 2 aromatic heterocycles. The van der Waals surface area contributed by atoms with E-state index in [-0.39, 0.29) is 17.7 Å². The van der Waals surface area contributed by atoms with E-state index in [9.17, 15) is 4.79 Å². The predicted octanol–water partition coefficient (Wildman–Crippen LogP) is 5.68. The maximum Gasteiger partial charge on any atom is 0.291 e. The van der Waals surface area contributed by atoms with Crippen molar-refractivity contribution >= 4 is 22.2 Å². The van der Waals surface area contributed by atoms with Crippen molar-refractivity contribution < 1.29 is 23.4 Å². The number of thiophene rings is 1. The summed E-state index contributed by atoms with van der Waals surface area (Å²) >= 11 is 1.59. The molecular weight excluding hydrogens is 464 g/mol. The number of morpholine rings is 1. The van der Waals surface area contributed by atoms with Gasteiger partial charge in [0.2, 0.25) is 0 Å². The Hall–Kier alpha value is -2.81. The van der Waals surface area contributed by atoms with Gasteiger partial charge in [0.05, 0.1) is 39.2 Å². The minimum absolute atomic E-state index is 0.0798. The third-order valence-corrected chi connectivity index (χ3v) is 7.30. The highest BCUT2D eigenvalue weighted by Gasteiger charge is 2.31. The second kappa shape index (κ2) is 11.3. The van der Waals surface area contributed by atoms with E-state index in [1.807, 2.05) is 6.07 Å². The number of ether oxygens (including phenoxy) is 3. The fraction of sp³-hybridized carbons (Fsp3) is 0.444. The lowest BCUT2D eigenvalue weighted by Gasteiger charge is -2.36. The van der Waals surface area contributed by atoms with Crippen molar-refractivity contribution in [2.75, 3.05) is 45.3 Å². The van der Waals surface area contributed by atoms with E-state index in [2.05, 4.69) is 50.0 Å². The highest BCUT2D eigenvalue weighted by molar-refractivity contribution is 7.16. The Morgan fingerprint density at radius 2 is 1.94 bits per heavy atom. The molecule has 0 aliphatic carbocycles. The second-order valence-electron chi connectivity index (χ2n) is 9.12. The van der Waals surface area contributed by atoms with Crippen molar-refractivity contribution in [2.45, 2.75) is 33.7 Å². The van der Waals surface area contributed by atoms with Crippen LogP contribution in [0.15, 0.2) is 41.0 Å². The minimum Gasteiger partial charge on any atom is -0.493 e. The average Bonchev–Trinajstić information content (AvgIpc) is 3.49. The zero-order chi connectivity index (χ0) is 24.9. The zero-order valence-electron chi connectivity index (χ0n) is 21.1. The first-order valence-corrected chi connectivity index (χ1v) is 12.8. The zero-order valence-corrected chi connectivity index (χ0v) is 21.9. The van der Waals surface area contributed by atoms with E-state index in [1.54, 1.807) is 30.6 Å². The van der Waals surface area contributed by atoms with Crippen LogP contribution in [0.1, 0.15) is 52.0 Å². The number of rotatable bonds is 9. The number of aryl methyl sites for hydroxylation is 1. The van der Waals surface area contributed by atoms with Crippen LogP contribution in [0.4, 0.5) is 5.00 Å². The predicted molar refractivity (Wildman–Crippen MR) is 138 cm³/mol. The quantitative estimate of drug-likeness (QED) is 0.410. The number of amides is 1. The molecule has 1 saturated heterocycles. The van der Waals surface area contributed by atoms with Crippen LogP contribution in [0.2, 0.25) is 0 Å². The van der Waals surface area contributed by atoms with Crippen LogP contribution in [-0.2, 0) is 4.74 Å². The third kappa shape index (κ3) is 5.72. The lowest BCUT2D eigenvalue weighted by molar-refractivity contribution is 0.0240. The Bertz CT molecular complexity index is 1130. The van der Waals surface area contributed by atoms with Crippen molar-refractivity contribution in [1.29, 1.82) is 0 Å². The highest BCUT2D eigenvalue weighted by Crippen LogP contribution is 2.44. The molecule has 3 aromatic rings. The van der Waals surface area contributed by atoms with E-state index < -0.39 is 0 Å². The van der Waals surface area contributed by atoms with Crippen molar-refractivity contribution in [1.82, 2.24) is 4.90 Å². The van der Waals surface area contributed by atoms with Crippen molar-refractivity contribution in [2.24, 2.45) is 5.92 Å². The maximum atomic E-state index is 12.9. The molecule has 188 valence electrons. The molecule has 1 N–H and O–H groups in total. The second-order valence-corrected chi connectivity index (χ2v) is 10.3. The Labute approximate surface area is 211 Å². The molecule has 1 amide bonds. The molecule has 0 spiro atoms. The fourth-order valence-corrected chi connectivity index (χ4v) is 5.35. The summed E-state index contributed by atoms with van der Waals surface area (Å²) in [5, 5.41) is 3.94. The van der Waals surface area contributed by atoms with E-state index in [1.165, 1.54) is 11.8 Å². The first-order valence-electron chi connectivity index (χ1n) is 12.0. The van der Waals surface area contributed by atoms with E-state index in [4.69, 9.17) is 18.6 Å². The van der Waals surface area contributed by atoms with Gasteiger partial charge in [-0.1, -0.05) is 19.9 Å². The lowest BCUT2D eigenvalue weighted by Crippen LogP contribution is -2.40. The molecular formula is C27H34N2O5S. The number of methoxy groups -OCH3 is 1. The van der Waals surface area contributed by atoms with E-state index in [0.29, 0.717) is 31.5 Å². The molecule has 0 radical (unpaired) electrons. The molecule has 8 heteroatoms. The summed E-state index contributed by atoms with van der Waals surface area (Å²) in [7, 11) is 1.67.